The van der Waals surface area contributed by atoms with Crippen LogP contribution in [0.4, 0.5) is 0 Å². The molecule has 2 heterocycles. The lowest BCUT2D eigenvalue weighted by Crippen LogP contribution is -2.41. The van der Waals surface area contributed by atoms with Crippen molar-refractivity contribution in [3.63, 3.8) is 0 Å². The van der Waals surface area contributed by atoms with Gasteiger partial charge in [0.25, 0.3) is 0 Å². The van der Waals surface area contributed by atoms with Crippen molar-refractivity contribution in [2.24, 2.45) is 0 Å². The van der Waals surface area contributed by atoms with Crippen LogP contribution in [0.15, 0.2) is 24.3 Å². The number of nitrogens with zero attached hydrogens (tertiary/aromatic N) is 1. The van der Waals surface area contributed by atoms with Crippen LogP contribution in [0.2, 0.25) is 0 Å². The molecular formula is C23H36BNO4. The fourth-order valence-electron chi connectivity index (χ4n) is 3.82. The molecule has 6 heteroatoms. The van der Waals surface area contributed by atoms with Gasteiger partial charge < -0.3 is 14.0 Å². The summed E-state index contributed by atoms with van der Waals surface area (Å²) in [5.74, 6) is -0.0916. The van der Waals surface area contributed by atoms with Crippen LogP contribution in [0.1, 0.15) is 66.9 Å². The second-order valence-electron chi connectivity index (χ2n) is 10.3. The van der Waals surface area contributed by atoms with Crippen molar-refractivity contribution < 1.29 is 18.8 Å². The number of benzene rings is 1. The van der Waals surface area contributed by atoms with Crippen LogP contribution in [-0.4, -0.2) is 53.9 Å². The highest BCUT2D eigenvalue weighted by Crippen LogP contribution is 2.36. The largest absolute Gasteiger partial charge is 0.494 e. The van der Waals surface area contributed by atoms with Crippen LogP contribution in [0.3, 0.4) is 0 Å². The molecule has 160 valence electrons. The van der Waals surface area contributed by atoms with Crippen molar-refractivity contribution in [1.82, 2.24) is 4.90 Å². The Bertz CT molecular complexity index is 707. The predicted molar refractivity (Wildman–Crippen MR) is 116 cm³/mol. The maximum Gasteiger partial charge on any atom is 0.494 e. The first-order valence-corrected chi connectivity index (χ1v) is 10.8. The molecule has 2 aliphatic rings. The van der Waals surface area contributed by atoms with E-state index in [2.05, 4.69) is 56.9 Å². The van der Waals surface area contributed by atoms with E-state index in [9.17, 15) is 4.79 Å². The molecule has 5 nitrogen and oxygen atoms in total. The first kappa shape index (κ1) is 22.3. The van der Waals surface area contributed by atoms with Gasteiger partial charge in [0, 0.05) is 6.54 Å². The Morgan fingerprint density at radius 2 is 1.72 bits per heavy atom. The van der Waals surface area contributed by atoms with E-state index in [1.54, 1.807) is 0 Å². The topological polar surface area (TPSA) is 48.0 Å². The molecule has 0 aromatic heterocycles. The van der Waals surface area contributed by atoms with Crippen molar-refractivity contribution in [3.05, 3.63) is 29.8 Å². The zero-order chi connectivity index (χ0) is 21.4. The molecule has 2 fully saturated rings. The van der Waals surface area contributed by atoms with Gasteiger partial charge in [0.05, 0.1) is 11.2 Å². The molecule has 1 aromatic rings. The van der Waals surface area contributed by atoms with E-state index in [0.29, 0.717) is 0 Å². The molecule has 1 unspecified atom stereocenters. The maximum atomic E-state index is 12.5. The summed E-state index contributed by atoms with van der Waals surface area (Å²) in [5, 5.41) is 0. The average molecular weight is 401 g/mol. The molecule has 0 saturated carbocycles. The van der Waals surface area contributed by atoms with E-state index >= 15 is 0 Å². The molecule has 0 aliphatic carbocycles. The minimum absolute atomic E-state index is 0.0916. The molecule has 0 amide bonds. The first-order chi connectivity index (χ1) is 13.4. The zero-order valence-electron chi connectivity index (χ0n) is 19.1. The van der Waals surface area contributed by atoms with Crippen molar-refractivity contribution in [3.8, 4) is 0 Å². The first-order valence-electron chi connectivity index (χ1n) is 10.8. The minimum atomic E-state index is -0.436. The van der Waals surface area contributed by atoms with Crippen molar-refractivity contribution >= 4 is 18.6 Å². The van der Waals surface area contributed by atoms with Gasteiger partial charge >= 0.3 is 13.1 Å². The molecule has 1 atom stereocenters. The lowest BCUT2D eigenvalue weighted by Gasteiger charge is -2.32. The zero-order valence-corrected chi connectivity index (χ0v) is 19.1. The number of carbonyl (C=O) groups is 1. The Hall–Kier alpha value is -1.37. The number of ether oxygens (including phenoxy) is 1. The number of likely N-dealkylation sites (tertiary alicyclic amines) is 1. The van der Waals surface area contributed by atoms with Crippen molar-refractivity contribution in [2.45, 2.75) is 90.6 Å². The summed E-state index contributed by atoms with van der Waals surface area (Å²) < 4.78 is 17.9. The number of rotatable bonds is 5. The predicted octanol–water partition coefficient (Wildman–Crippen LogP) is 3.33. The molecule has 1 aromatic carbocycles. The smallest absolute Gasteiger partial charge is 0.459 e. The molecule has 2 aliphatic heterocycles. The summed E-state index contributed by atoms with van der Waals surface area (Å²) in [6.45, 7) is 15.9. The monoisotopic (exact) mass is 401 g/mol. The van der Waals surface area contributed by atoms with E-state index in [1.807, 2.05) is 20.8 Å². The fraction of sp³-hybridized carbons (Fsp3) is 0.696. The number of hydrogen-bond donors (Lipinski definition) is 0. The Morgan fingerprint density at radius 3 is 2.28 bits per heavy atom. The third-order valence-corrected chi connectivity index (χ3v) is 6.24. The Labute approximate surface area is 176 Å². The van der Waals surface area contributed by atoms with E-state index in [4.69, 9.17) is 14.0 Å². The summed E-state index contributed by atoms with van der Waals surface area (Å²) in [6, 6.07) is 8.34. The van der Waals surface area contributed by atoms with Crippen LogP contribution in [0.25, 0.3) is 0 Å². The van der Waals surface area contributed by atoms with Gasteiger partial charge in [0.2, 0.25) is 0 Å². The summed E-state index contributed by atoms with van der Waals surface area (Å²) in [6.07, 6.45) is 2.84. The Morgan fingerprint density at radius 1 is 1.14 bits per heavy atom. The Kier molecular flexibility index (Phi) is 6.20. The van der Waals surface area contributed by atoms with Crippen molar-refractivity contribution in [1.29, 1.82) is 0 Å². The standard InChI is InChI=1S/C23H36BNO4/c1-21(2,3)27-20(26)19-9-8-15-25(19)16-14-17-10-12-18(13-11-17)24-28-22(4,5)23(6,7)29-24/h10-13,19H,8-9,14-16H2,1-7H3. The summed E-state index contributed by atoms with van der Waals surface area (Å²) in [4.78, 5) is 14.7. The quantitative estimate of drug-likeness (QED) is 0.560. The normalized spacial score (nSPS) is 24.1. The van der Waals surface area contributed by atoms with E-state index < -0.39 is 5.60 Å². The van der Waals surface area contributed by atoms with Gasteiger partial charge in [-0.3, -0.25) is 9.69 Å². The number of esters is 1. The van der Waals surface area contributed by atoms with Crippen LogP contribution in [0, 0.1) is 0 Å². The molecular weight excluding hydrogens is 365 g/mol. The minimum Gasteiger partial charge on any atom is -0.459 e. The number of hydrogen-bond acceptors (Lipinski definition) is 5. The molecule has 0 bridgehead atoms. The molecule has 0 N–H and O–H groups in total. The molecule has 0 radical (unpaired) electrons. The molecule has 0 spiro atoms. The molecule has 2 saturated heterocycles. The van der Waals surface area contributed by atoms with E-state index in [-0.39, 0.29) is 30.3 Å². The number of carbonyl (C=O) groups excluding carboxylic acids is 1. The highest BCUT2D eigenvalue weighted by Gasteiger charge is 2.51. The Balaban J connectivity index is 1.56. The lowest BCUT2D eigenvalue weighted by atomic mass is 9.79. The third kappa shape index (κ3) is 5.22. The van der Waals surface area contributed by atoms with Crippen LogP contribution in [-0.2, 0) is 25.3 Å². The van der Waals surface area contributed by atoms with Gasteiger partial charge in [-0.25, -0.2) is 0 Å². The average Bonchev–Trinajstić information content (AvgIpc) is 3.14. The molecule has 3 rings (SSSR count). The van der Waals surface area contributed by atoms with Gasteiger partial charge in [0.15, 0.2) is 0 Å². The van der Waals surface area contributed by atoms with Crippen molar-refractivity contribution in [2.75, 3.05) is 13.1 Å². The van der Waals surface area contributed by atoms with Crippen LogP contribution >= 0.6 is 0 Å². The SMILES string of the molecule is CC(C)(C)OC(=O)C1CCCN1CCc1ccc(B2OC(C)(C)C(C)(C)O2)cc1. The lowest BCUT2D eigenvalue weighted by molar-refractivity contribution is -0.160. The fourth-order valence-corrected chi connectivity index (χ4v) is 3.82. The van der Waals surface area contributed by atoms with Crippen LogP contribution in [0.5, 0.6) is 0 Å². The second kappa shape index (κ2) is 8.05. The van der Waals surface area contributed by atoms with Gasteiger partial charge in [0.1, 0.15) is 11.6 Å². The summed E-state index contributed by atoms with van der Waals surface area (Å²) in [7, 11) is -0.329. The van der Waals surface area contributed by atoms with E-state index in [0.717, 1.165) is 37.8 Å². The summed E-state index contributed by atoms with van der Waals surface area (Å²) >= 11 is 0. The highest BCUT2D eigenvalue weighted by molar-refractivity contribution is 6.62. The maximum absolute atomic E-state index is 12.5. The van der Waals surface area contributed by atoms with Gasteiger partial charge in [-0.15, -0.1) is 0 Å². The van der Waals surface area contributed by atoms with Gasteiger partial charge in [-0.1, -0.05) is 24.3 Å². The second-order valence-corrected chi connectivity index (χ2v) is 10.3. The summed E-state index contributed by atoms with van der Waals surface area (Å²) in [5.41, 5.74) is 1.19. The van der Waals surface area contributed by atoms with Gasteiger partial charge in [-0.2, -0.15) is 0 Å². The van der Waals surface area contributed by atoms with Gasteiger partial charge in [-0.05, 0) is 85.3 Å². The van der Waals surface area contributed by atoms with E-state index in [1.165, 1.54) is 5.56 Å². The highest BCUT2D eigenvalue weighted by atomic mass is 16.7. The third-order valence-electron chi connectivity index (χ3n) is 6.24. The van der Waals surface area contributed by atoms with Crippen LogP contribution < -0.4 is 5.46 Å². The molecule has 29 heavy (non-hydrogen) atoms.